The third-order valence-corrected chi connectivity index (χ3v) is 2.30. The van der Waals surface area contributed by atoms with Crippen LogP contribution in [0.25, 0.3) is 0 Å². The maximum absolute atomic E-state index is 11.6. The van der Waals surface area contributed by atoms with Crippen LogP contribution < -0.4 is 5.73 Å². The number of amidine groups is 1. The van der Waals surface area contributed by atoms with E-state index >= 15 is 0 Å². The zero-order chi connectivity index (χ0) is 12.3. The van der Waals surface area contributed by atoms with Crippen molar-refractivity contribution in [1.82, 2.24) is 4.98 Å². The first-order valence-corrected chi connectivity index (χ1v) is 5.38. The van der Waals surface area contributed by atoms with E-state index in [4.69, 9.17) is 15.7 Å². The van der Waals surface area contributed by atoms with Crippen molar-refractivity contribution in [2.45, 2.75) is 26.4 Å². The van der Waals surface area contributed by atoms with Crippen molar-refractivity contribution in [3.63, 3.8) is 0 Å². The summed E-state index contributed by atoms with van der Waals surface area (Å²) in [6.45, 7) is 5.30. The Morgan fingerprint density at radius 2 is 2.25 bits per heavy atom. The van der Waals surface area contributed by atoms with Gasteiger partial charge in [-0.2, -0.15) is 0 Å². The van der Waals surface area contributed by atoms with Gasteiger partial charge in [-0.15, -0.1) is 11.3 Å². The normalized spacial score (nSPS) is 12.6. The van der Waals surface area contributed by atoms with Crippen molar-refractivity contribution >= 4 is 23.1 Å². The van der Waals surface area contributed by atoms with Gasteiger partial charge in [-0.3, -0.25) is 0 Å². The van der Waals surface area contributed by atoms with E-state index in [0.29, 0.717) is 0 Å². The summed E-state index contributed by atoms with van der Waals surface area (Å²) in [7, 11) is 0. The third-order valence-electron chi connectivity index (χ3n) is 1.44. The fourth-order valence-corrected chi connectivity index (χ4v) is 1.54. The summed E-state index contributed by atoms with van der Waals surface area (Å²) in [6, 6.07) is 0. The molecule has 3 N–H and O–H groups in total. The minimum absolute atomic E-state index is 0.125. The lowest BCUT2D eigenvalue weighted by atomic mass is 10.2. The van der Waals surface area contributed by atoms with E-state index in [-0.39, 0.29) is 16.5 Å². The standard InChI is InChI=1S/C9H13N3O3S/c1-9(2,3)15-8(13)5-4-16-7(11-5)6(10)12-14/h4,14H,1-3H3,(H2,10,12). The number of esters is 1. The van der Waals surface area contributed by atoms with Crippen LogP contribution in [-0.2, 0) is 4.74 Å². The molecule has 1 aromatic heterocycles. The van der Waals surface area contributed by atoms with E-state index in [2.05, 4.69) is 10.1 Å². The van der Waals surface area contributed by atoms with Crippen LogP contribution in [0.2, 0.25) is 0 Å². The van der Waals surface area contributed by atoms with Crippen molar-refractivity contribution in [2.24, 2.45) is 10.9 Å². The highest BCUT2D eigenvalue weighted by Crippen LogP contribution is 2.14. The first-order valence-electron chi connectivity index (χ1n) is 4.50. The number of oxime groups is 1. The number of thiazole rings is 1. The summed E-state index contributed by atoms with van der Waals surface area (Å²) in [6.07, 6.45) is 0. The van der Waals surface area contributed by atoms with Gasteiger partial charge in [0.2, 0.25) is 0 Å². The van der Waals surface area contributed by atoms with Gasteiger partial charge in [0.15, 0.2) is 16.5 Å². The van der Waals surface area contributed by atoms with Crippen molar-refractivity contribution in [3.05, 3.63) is 16.1 Å². The predicted molar refractivity (Wildman–Crippen MR) is 59.8 cm³/mol. The van der Waals surface area contributed by atoms with Gasteiger partial charge in [0.1, 0.15) is 5.60 Å². The fraction of sp³-hybridized carbons (Fsp3) is 0.444. The van der Waals surface area contributed by atoms with E-state index in [1.807, 2.05) is 0 Å². The average Bonchev–Trinajstić information content (AvgIpc) is 2.62. The number of rotatable bonds is 2. The lowest BCUT2D eigenvalue weighted by Crippen LogP contribution is -2.24. The second kappa shape index (κ2) is 4.48. The number of carbonyl (C=O) groups is 1. The molecule has 0 atom stereocenters. The molecule has 6 nitrogen and oxygen atoms in total. The summed E-state index contributed by atoms with van der Waals surface area (Å²) in [5.41, 5.74) is 4.91. The van der Waals surface area contributed by atoms with Crippen molar-refractivity contribution in [1.29, 1.82) is 0 Å². The Kier molecular flexibility index (Phi) is 3.48. The Labute approximate surface area is 96.7 Å². The highest BCUT2D eigenvalue weighted by molar-refractivity contribution is 7.12. The molecule has 0 radical (unpaired) electrons. The van der Waals surface area contributed by atoms with Crippen molar-refractivity contribution in [3.8, 4) is 0 Å². The highest BCUT2D eigenvalue weighted by Gasteiger charge is 2.20. The molecule has 0 aliphatic heterocycles. The Hall–Kier alpha value is -1.63. The lowest BCUT2D eigenvalue weighted by molar-refractivity contribution is 0.00637. The molecule has 88 valence electrons. The lowest BCUT2D eigenvalue weighted by Gasteiger charge is -2.18. The summed E-state index contributed by atoms with van der Waals surface area (Å²) in [4.78, 5) is 15.5. The minimum Gasteiger partial charge on any atom is -0.455 e. The van der Waals surface area contributed by atoms with Gasteiger partial charge in [-0.25, -0.2) is 9.78 Å². The molecule has 0 spiro atoms. The predicted octanol–water partition coefficient (Wildman–Crippen LogP) is 1.19. The number of hydrogen-bond acceptors (Lipinski definition) is 6. The highest BCUT2D eigenvalue weighted by atomic mass is 32.1. The van der Waals surface area contributed by atoms with E-state index in [0.717, 1.165) is 11.3 Å². The Morgan fingerprint density at radius 1 is 1.62 bits per heavy atom. The van der Waals surface area contributed by atoms with Crippen LogP contribution in [0, 0.1) is 0 Å². The number of carbonyl (C=O) groups excluding carboxylic acids is 1. The second-order valence-electron chi connectivity index (χ2n) is 4.03. The summed E-state index contributed by atoms with van der Waals surface area (Å²) >= 11 is 1.11. The second-order valence-corrected chi connectivity index (χ2v) is 4.88. The van der Waals surface area contributed by atoms with Crippen LogP contribution in [0.3, 0.4) is 0 Å². The number of hydrogen-bond donors (Lipinski definition) is 2. The van der Waals surface area contributed by atoms with Crippen LogP contribution in [0.15, 0.2) is 10.5 Å². The molecule has 0 aliphatic carbocycles. The van der Waals surface area contributed by atoms with Crippen LogP contribution in [0.4, 0.5) is 0 Å². The molecule has 0 fully saturated rings. The van der Waals surface area contributed by atoms with Gasteiger partial charge in [0.05, 0.1) is 0 Å². The minimum atomic E-state index is -0.572. The number of nitrogens with zero attached hydrogens (tertiary/aromatic N) is 2. The fourth-order valence-electron chi connectivity index (χ4n) is 0.858. The van der Waals surface area contributed by atoms with Crippen LogP contribution in [-0.4, -0.2) is 27.6 Å². The third kappa shape index (κ3) is 3.20. The topological polar surface area (TPSA) is 97.8 Å². The first kappa shape index (κ1) is 12.4. The molecule has 16 heavy (non-hydrogen) atoms. The van der Waals surface area contributed by atoms with Gasteiger partial charge >= 0.3 is 5.97 Å². The van der Waals surface area contributed by atoms with Crippen LogP contribution in [0.1, 0.15) is 36.3 Å². The monoisotopic (exact) mass is 243 g/mol. The quantitative estimate of drug-likeness (QED) is 0.267. The molecule has 0 aromatic carbocycles. The molecule has 1 rings (SSSR count). The SMILES string of the molecule is CC(C)(C)OC(=O)c1csc(C(N)=NO)n1. The summed E-state index contributed by atoms with van der Waals surface area (Å²) in [5.74, 6) is -0.652. The molecule has 7 heteroatoms. The zero-order valence-corrected chi connectivity index (χ0v) is 10.0. The molecule has 0 bridgehead atoms. The van der Waals surface area contributed by atoms with E-state index in [1.165, 1.54) is 5.38 Å². The molecule has 0 saturated heterocycles. The van der Waals surface area contributed by atoms with Gasteiger partial charge in [-0.1, -0.05) is 5.16 Å². The molecule has 0 saturated carbocycles. The maximum atomic E-state index is 11.6. The Balaban J connectivity index is 2.83. The number of ether oxygens (including phenoxy) is 1. The van der Waals surface area contributed by atoms with Gasteiger partial charge in [-0.05, 0) is 20.8 Å². The van der Waals surface area contributed by atoms with E-state index < -0.39 is 11.6 Å². The molecule has 0 amide bonds. The van der Waals surface area contributed by atoms with E-state index in [1.54, 1.807) is 20.8 Å². The Bertz CT molecular complexity index is 420. The van der Waals surface area contributed by atoms with Crippen LogP contribution in [0.5, 0.6) is 0 Å². The van der Waals surface area contributed by atoms with Crippen molar-refractivity contribution in [2.75, 3.05) is 0 Å². The first-order chi connectivity index (χ1) is 7.33. The summed E-state index contributed by atoms with van der Waals surface area (Å²) < 4.78 is 5.11. The molecule has 1 heterocycles. The molecule has 1 aromatic rings. The van der Waals surface area contributed by atoms with Crippen molar-refractivity contribution < 1.29 is 14.7 Å². The number of aromatic nitrogens is 1. The average molecular weight is 243 g/mol. The van der Waals surface area contributed by atoms with Gasteiger partial charge in [0.25, 0.3) is 0 Å². The molecule has 0 aliphatic rings. The molecular formula is C9H13N3O3S. The van der Waals surface area contributed by atoms with Crippen LogP contribution >= 0.6 is 11.3 Å². The summed E-state index contributed by atoms with van der Waals surface area (Å²) in [5, 5.41) is 13.0. The van der Waals surface area contributed by atoms with Gasteiger partial charge in [0, 0.05) is 5.38 Å². The number of nitrogens with two attached hydrogens (primary N) is 1. The largest absolute Gasteiger partial charge is 0.455 e. The Morgan fingerprint density at radius 3 is 2.75 bits per heavy atom. The maximum Gasteiger partial charge on any atom is 0.358 e. The molecule has 0 unspecified atom stereocenters. The van der Waals surface area contributed by atoms with E-state index in [9.17, 15) is 4.79 Å². The van der Waals surface area contributed by atoms with Gasteiger partial charge < -0.3 is 15.7 Å². The molecular weight excluding hydrogens is 230 g/mol. The zero-order valence-electron chi connectivity index (χ0n) is 9.22. The smallest absolute Gasteiger partial charge is 0.358 e.